The number of amides is 2. The lowest BCUT2D eigenvalue weighted by Crippen LogP contribution is -2.37. The molecule has 1 aliphatic carbocycles. The molecule has 3 heterocycles. The monoisotopic (exact) mass is 609 g/mol. The van der Waals surface area contributed by atoms with E-state index in [9.17, 15) is 18.4 Å². The van der Waals surface area contributed by atoms with Gasteiger partial charge in [0.1, 0.15) is 30.4 Å². The van der Waals surface area contributed by atoms with Gasteiger partial charge in [-0.05, 0) is 55.9 Å². The summed E-state index contributed by atoms with van der Waals surface area (Å²) in [5.41, 5.74) is 1.44. The molecule has 1 fully saturated rings. The number of aryl methyl sites for hydroxylation is 2. The van der Waals surface area contributed by atoms with Gasteiger partial charge in [0.15, 0.2) is 5.82 Å². The van der Waals surface area contributed by atoms with Crippen LogP contribution in [0.4, 0.5) is 13.2 Å². The minimum Gasteiger partial charge on any atom is -0.340 e. The van der Waals surface area contributed by atoms with Gasteiger partial charge in [0.25, 0.3) is 11.8 Å². The number of carbonyl (C=O) groups is 2. The van der Waals surface area contributed by atoms with Gasteiger partial charge in [0.2, 0.25) is 0 Å². The number of nitrogens with zero attached hydrogens (tertiary/aromatic N) is 6. The van der Waals surface area contributed by atoms with Crippen molar-refractivity contribution in [2.45, 2.75) is 52.1 Å². The molecule has 5 rings (SSSR count). The second-order valence-corrected chi connectivity index (χ2v) is 11.4. The molecule has 0 aliphatic heterocycles. The van der Waals surface area contributed by atoms with Gasteiger partial charge in [-0.1, -0.05) is 19.8 Å². The Morgan fingerprint density at radius 1 is 1.05 bits per heavy atom. The zero-order valence-electron chi connectivity index (χ0n) is 25.3. The Morgan fingerprint density at radius 2 is 1.77 bits per heavy atom. The summed E-state index contributed by atoms with van der Waals surface area (Å²) in [6.45, 7) is 2.46. The van der Waals surface area contributed by atoms with Crippen LogP contribution in [0.25, 0.3) is 22.2 Å². The molecule has 234 valence electrons. The van der Waals surface area contributed by atoms with Crippen LogP contribution < -0.4 is 5.32 Å². The first-order chi connectivity index (χ1) is 21.3. The number of imidazole rings is 1. The van der Waals surface area contributed by atoms with E-state index in [1.807, 2.05) is 11.5 Å². The van der Waals surface area contributed by atoms with Gasteiger partial charge < -0.3 is 14.8 Å². The number of hydrogen-bond acceptors (Lipinski definition) is 5. The van der Waals surface area contributed by atoms with Gasteiger partial charge >= 0.3 is 0 Å². The highest BCUT2D eigenvalue weighted by atomic mass is 19.1. The fourth-order valence-corrected chi connectivity index (χ4v) is 6.22. The number of alkyl halides is 2. The van der Waals surface area contributed by atoms with E-state index in [2.05, 4.69) is 22.3 Å². The third kappa shape index (κ3) is 6.07. The Bertz CT molecular complexity index is 1620. The molecule has 1 N–H and O–H groups in total. The van der Waals surface area contributed by atoms with Gasteiger partial charge in [-0.3, -0.25) is 19.3 Å². The van der Waals surface area contributed by atoms with Crippen LogP contribution in [-0.2, 0) is 13.6 Å². The molecule has 0 unspecified atom stereocenters. The molecule has 2 amide bonds. The quantitative estimate of drug-likeness (QED) is 0.236. The number of fused-ring (bicyclic) bond motifs is 1. The van der Waals surface area contributed by atoms with Gasteiger partial charge in [0.05, 0.1) is 17.1 Å². The van der Waals surface area contributed by atoms with Crippen molar-refractivity contribution in [3.05, 3.63) is 65.8 Å². The van der Waals surface area contributed by atoms with Crippen LogP contribution in [-0.4, -0.2) is 67.5 Å². The molecule has 1 aromatic carbocycles. The fourth-order valence-electron chi connectivity index (χ4n) is 6.22. The number of pyridine rings is 1. The molecular weight excluding hydrogens is 571 g/mol. The highest BCUT2D eigenvalue weighted by Crippen LogP contribution is 2.39. The maximum atomic E-state index is 16.4. The molecule has 44 heavy (non-hydrogen) atoms. The van der Waals surface area contributed by atoms with Crippen LogP contribution in [0.5, 0.6) is 0 Å². The van der Waals surface area contributed by atoms with Crippen LogP contribution in [0.3, 0.4) is 0 Å². The van der Waals surface area contributed by atoms with Crippen LogP contribution in [0, 0.1) is 17.7 Å². The number of carbonyl (C=O) groups excluding carboxylic acids is 2. The molecular formula is C32H38F3N7O2. The van der Waals surface area contributed by atoms with Gasteiger partial charge in [-0.2, -0.15) is 5.10 Å². The van der Waals surface area contributed by atoms with E-state index in [1.54, 1.807) is 36.1 Å². The van der Waals surface area contributed by atoms with Crippen molar-refractivity contribution in [2.24, 2.45) is 18.9 Å². The molecule has 0 radical (unpaired) electrons. The lowest BCUT2D eigenvalue weighted by atomic mass is 9.79. The van der Waals surface area contributed by atoms with Crippen LogP contribution in [0.15, 0.2) is 42.9 Å². The topological polar surface area (TPSA) is 97.9 Å². The van der Waals surface area contributed by atoms with Gasteiger partial charge in [0, 0.05) is 56.4 Å². The Balaban J connectivity index is 1.56. The van der Waals surface area contributed by atoms with E-state index < -0.39 is 31.1 Å². The van der Waals surface area contributed by atoms with E-state index in [4.69, 9.17) is 4.98 Å². The number of benzene rings is 1. The number of rotatable bonds is 11. The summed E-state index contributed by atoms with van der Waals surface area (Å²) in [6, 6.07) is 5.91. The third-order valence-electron chi connectivity index (χ3n) is 8.71. The van der Waals surface area contributed by atoms with Crippen molar-refractivity contribution in [3.63, 3.8) is 0 Å². The fraction of sp³-hybridized carbons (Fsp3) is 0.469. The predicted molar refractivity (Wildman–Crippen MR) is 161 cm³/mol. The highest BCUT2D eigenvalue weighted by molar-refractivity contribution is 6.01. The van der Waals surface area contributed by atoms with E-state index in [1.165, 1.54) is 18.5 Å². The van der Waals surface area contributed by atoms with Crippen LogP contribution in [0.2, 0.25) is 0 Å². The van der Waals surface area contributed by atoms with E-state index >= 15 is 4.39 Å². The molecule has 12 heteroatoms. The second kappa shape index (κ2) is 13.6. The minimum absolute atomic E-state index is 0.0882. The van der Waals surface area contributed by atoms with Crippen LogP contribution in [0.1, 0.15) is 72.2 Å². The number of halogens is 3. The minimum atomic E-state index is -0.832. The first-order valence-electron chi connectivity index (χ1n) is 15.1. The van der Waals surface area contributed by atoms with Crippen molar-refractivity contribution >= 4 is 22.8 Å². The standard InChI is InChI=1S/C32H38F3N7O2/c1-4-42-26(12-16-37-42)31(43)39-28(21-7-5-20(2)6-8-21)30-38-29-25(40(30)3)10-9-22(27(29)35)24-19-36-15-11-23(24)32(44)41(17-13-33)18-14-34/h9-12,15-16,19-21,28H,4-8,13-14,17-18H2,1-3H3,(H,39,43)/t20-,21-,28-/m0/s1. The summed E-state index contributed by atoms with van der Waals surface area (Å²) >= 11 is 0. The summed E-state index contributed by atoms with van der Waals surface area (Å²) < 4.78 is 46.1. The lowest BCUT2D eigenvalue weighted by molar-refractivity contribution is 0.0734. The Labute approximate surface area is 254 Å². The number of aromatic nitrogens is 5. The molecule has 3 aromatic heterocycles. The van der Waals surface area contributed by atoms with Crippen molar-refractivity contribution in [1.29, 1.82) is 0 Å². The van der Waals surface area contributed by atoms with Gasteiger partial charge in [-0.25, -0.2) is 18.2 Å². The summed E-state index contributed by atoms with van der Waals surface area (Å²) in [6.07, 6.45) is 8.17. The molecule has 9 nitrogen and oxygen atoms in total. The first kappa shape index (κ1) is 31.2. The Morgan fingerprint density at radius 3 is 2.45 bits per heavy atom. The molecule has 0 spiro atoms. The second-order valence-electron chi connectivity index (χ2n) is 11.4. The molecule has 1 saturated carbocycles. The average Bonchev–Trinajstić information content (AvgIpc) is 3.65. The maximum absolute atomic E-state index is 16.4. The Hall–Kier alpha value is -4.22. The Kier molecular flexibility index (Phi) is 9.65. The highest BCUT2D eigenvalue weighted by Gasteiger charge is 2.33. The van der Waals surface area contributed by atoms with E-state index in [0.717, 1.165) is 30.6 Å². The summed E-state index contributed by atoms with van der Waals surface area (Å²) in [4.78, 5) is 36.7. The van der Waals surface area contributed by atoms with Crippen molar-refractivity contribution in [3.8, 4) is 11.1 Å². The SMILES string of the molecule is CCn1nccc1C(=O)N[C@H](c1nc2c(F)c(-c3cnccc3C(=O)N(CCF)CCF)ccc2n1C)[C@H]1CC[C@H](C)CC1. The molecule has 4 aromatic rings. The van der Waals surface area contributed by atoms with E-state index in [0.29, 0.717) is 29.5 Å². The predicted octanol–water partition coefficient (Wildman–Crippen LogP) is 5.67. The van der Waals surface area contributed by atoms with Crippen LogP contribution >= 0.6 is 0 Å². The average molecular weight is 610 g/mol. The lowest BCUT2D eigenvalue weighted by Gasteiger charge is -2.33. The molecule has 1 atom stereocenters. The van der Waals surface area contributed by atoms with E-state index in [-0.39, 0.29) is 47.1 Å². The number of hydrogen-bond donors (Lipinski definition) is 1. The van der Waals surface area contributed by atoms with Crippen molar-refractivity contribution in [1.82, 2.24) is 34.5 Å². The van der Waals surface area contributed by atoms with Gasteiger partial charge in [-0.15, -0.1) is 0 Å². The zero-order chi connectivity index (χ0) is 31.4. The summed E-state index contributed by atoms with van der Waals surface area (Å²) in [5.74, 6) is -0.311. The summed E-state index contributed by atoms with van der Waals surface area (Å²) in [5, 5.41) is 7.42. The smallest absolute Gasteiger partial charge is 0.270 e. The zero-order valence-corrected chi connectivity index (χ0v) is 25.3. The van der Waals surface area contributed by atoms with Crippen molar-refractivity contribution < 1.29 is 22.8 Å². The summed E-state index contributed by atoms with van der Waals surface area (Å²) in [7, 11) is 1.80. The van der Waals surface area contributed by atoms with Crippen molar-refractivity contribution in [2.75, 3.05) is 26.4 Å². The third-order valence-corrected chi connectivity index (χ3v) is 8.71. The normalized spacial score (nSPS) is 17.5. The maximum Gasteiger partial charge on any atom is 0.270 e. The number of nitrogens with one attached hydrogen (secondary N) is 1. The first-order valence-corrected chi connectivity index (χ1v) is 15.1. The molecule has 1 aliphatic rings. The largest absolute Gasteiger partial charge is 0.340 e. The molecule has 0 bridgehead atoms. The molecule has 0 saturated heterocycles.